The number of carboxylic acid groups (broad SMARTS) is 1. The molecule has 1 amide bonds. The number of carboxylic acids is 1. The van der Waals surface area contributed by atoms with Crippen molar-refractivity contribution >= 4 is 11.9 Å². The fraction of sp³-hybridized carbons (Fsp3) is 0.429. The molecule has 0 radical (unpaired) electrons. The maximum Gasteiger partial charge on any atom is 0.314 e. The molecule has 0 aliphatic carbocycles. The summed E-state index contributed by atoms with van der Waals surface area (Å²) in [6, 6.07) is 9.31. The van der Waals surface area contributed by atoms with Gasteiger partial charge in [-0.05, 0) is 31.2 Å². The number of carbonyl (C=O) groups excluding carboxylic acids is 1. The molecule has 1 fully saturated rings. The van der Waals surface area contributed by atoms with E-state index in [1.54, 1.807) is 11.1 Å². The van der Waals surface area contributed by atoms with Gasteiger partial charge in [-0.1, -0.05) is 44.2 Å². The van der Waals surface area contributed by atoms with Crippen molar-refractivity contribution in [3.8, 4) is 0 Å². The maximum absolute atomic E-state index is 13.1. The van der Waals surface area contributed by atoms with Gasteiger partial charge in [0.2, 0.25) is 0 Å². The Balaban J connectivity index is 1.83. The van der Waals surface area contributed by atoms with Crippen LogP contribution in [0.2, 0.25) is 0 Å². The van der Waals surface area contributed by atoms with Crippen LogP contribution < -0.4 is 0 Å². The smallest absolute Gasteiger partial charge is 0.314 e. The van der Waals surface area contributed by atoms with E-state index >= 15 is 0 Å². The average molecular weight is 367 g/mol. The predicted molar refractivity (Wildman–Crippen MR) is 102 cm³/mol. The lowest BCUT2D eigenvalue weighted by molar-refractivity contribution is -0.145. The van der Waals surface area contributed by atoms with E-state index in [0.29, 0.717) is 37.3 Å². The summed E-state index contributed by atoms with van der Waals surface area (Å²) in [4.78, 5) is 35.5. The van der Waals surface area contributed by atoms with Gasteiger partial charge in [-0.15, -0.1) is 0 Å². The highest BCUT2D eigenvalue weighted by Gasteiger charge is 2.44. The number of aliphatic carboxylic acids is 1. The van der Waals surface area contributed by atoms with Crippen LogP contribution in [0.25, 0.3) is 0 Å². The van der Waals surface area contributed by atoms with Gasteiger partial charge in [0, 0.05) is 19.3 Å². The lowest BCUT2D eigenvalue weighted by Crippen LogP contribution is -2.49. The summed E-state index contributed by atoms with van der Waals surface area (Å²) in [6.07, 6.45) is 2.37. The molecular weight excluding hydrogens is 342 g/mol. The van der Waals surface area contributed by atoms with Crippen molar-refractivity contribution in [3.05, 3.63) is 59.2 Å². The Morgan fingerprint density at radius 2 is 1.78 bits per heavy atom. The molecule has 0 spiro atoms. The van der Waals surface area contributed by atoms with Gasteiger partial charge in [0.15, 0.2) is 0 Å². The zero-order chi connectivity index (χ0) is 19.6. The summed E-state index contributed by atoms with van der Waals surface area (Å²) >= 11 is 0. The number of benzene rings is 1. The van der Waals surface area contributed by atoms with E-state index in [2.05, 4.69) is 9.97 Å². The third-order valence-corrected chi connectivity index (χ3v) is 5.36. The van der Waals surface area contributed by atoms with Gasteiger partial charge in [0.05, 0.1) is 16.7 Å². The topological polar surface area (TPSA) is 83.4 Å². The summed E-state index contributed by atoms with van der Waals surface area (Å²) in [5.41, 5.74) is 1.11. The first-order chi connectivity index (χ1) is 12.8. The van der Waals surface area contributed by atoms with Gasteiger partial charge in [-0.25, -0.2) is 9.97 Å². The summed E-state index contributed by atoms with van der Waals surface area (Å²) in [5.74, 6) is -0.200. The summed E-state index contributed by atoms with van der Waals surface area (Å²) in [7, 11) is 0. The van der Waals surface area contributed by atoms with Crippen LogP contribution in [0.5, 0.6) is 0 Å². The summed E-state index contributed by atoms with van der Waals surface area (Å²) < 4.78 is 0. The highest BCUT2D eigenvalue weighted by Crippen LogP contribution is 2.36. The summed E-state index contributed by atoms with van der Waals surface area (Å²) in [5, 5.41) is 9.91. The standard InChI is InChI=1S/C21H25N3O3/c1-14(2)18-17(13-22-15(3)23-18)19(25)24-11-9-21(10-12-24,20(26)27)16-7-5-4-6-8-16/h4-8,13-14H,9-12H2,1-3H3,(H,26,27). The first-order valence-electron chi connectivity index (χ1n) is 9.27. The van der Waals surface area contributed by atoms with E-state index in [1.807, 2.05) is 51.1 Å². The summed E-state index contributed by atoms with van der Waals surface area (Å²) in [6.45, 7) is 6.60. The zero-order valence-corrected chi connectivity index (χ0v) is 16.0. The number of hydrogen-bond acceptors (Lipinski definition) is 4. The number of rotatable bonds is 4. The second-order valence-corrected chi connectivity index (χ2v) is 7.42. The van der Waals surface area contributed by atoms with Crippen LogP contribution in [0, 0.1) is 6.92 Å². The number of carbonyl (C=O) groups is 2. The highest BCUT2D eigenvalue weighted by atomic mass is 16.4. The average Bonchev–Trinajstić information content (AvgIpc) is 2.68. The molecule has 1 saturated heterocycles. The van der Waals surface area contributed by atoms with Gasteiger partial charge in [0.1, 0.15) is 5.82 Å². The third-order valence-electron chi connectivity index (χ3n) is 5.36. The normalized spacial score (nSPS) is 16.4. The van der Waals surface area contributed by atoms with E-state index < -0.39 is 11.4 Å². The SMILES string of the molecule is Cc1ncc(C(=O)N2CCC(C(=O)O)(c3ccccc3)CC2)c(C(C)C)n1. The molecule has 1 aliphatic rings. The zero-order valence-electron chi connectivity index (χ0n) is 16.0. The predicted octanol–water partition coefficient (Wildman–Crippen LogP) is 3.17. The minimum absolute atomic E-state index is 0.109. The molecule has 142 valence electrons. The van der Waals surface area contributed by atoms with E-state index in [1.165, 1.54) is 0 Å². The second-order valence-electron chi connectivity index (χ2n) is 7.42. The van der Waals surface area contributed by atoms with Crippen LogP contribution in [0.1, 0.15) is 60.0 Å². The van der Waals surface area contributed by atoms with Crippen LogP contribution in [-0.2, 0) is 10.2 Å². The minimum atomic E-state index is -0.942. The Labute approximate surface area is 159 Å². The molecule has 6 nitrogen and oxygen atoms in total. The van der Waals surface area contributed by atoms with Gasteiger partial charge in [-0.3, -0.25) is 9.59 Å². The fourth-order valence-electron chi connectivity index (χ4n) is 3.74. The molecule has 0 saturated carbocycles. The second kappa shape index (κ2) is 7.47. The Bertz CT molecular complexity index is 841. The largest absolute Gasteiger partial charge is 0.481 e. The first kappa shape index (κ1) is 19.0. The number of hydrogen-bond donors (Lipinski definition) is 1. The van der Waals surface area contributed by atoms with Crippen molar-refractivity contribution in [2.75, 3.05) is 13.1 Å². The Morgan fingerprint density at radius 1 is 1.15 bits per heavy atom. The molecule has 0 bridgehead atoms. The van der Waals surface area contributed by atoms with Crippen molar-refractivity contribution in [1.82, 2.24) is 14.9 Å². The lowest BCUT2D eigenvalue weighted by atomic mass is 9.72. The Morgan fingerprint density at radius 3 is 2.33 bits per heavy atom. The van der Waals surface area contributed by atoms with Crippen molar-refractivity contribution in [1.29, 1.82) is 0 Å². The van der Waals surface area contributed by atoms with Crippen LogP contribution in [0.3, 0.4) is 0 Å². The number of likely N-dealkylation sites (tertiary alicyclic amines) is 1. The molecular formula is C21H25N3O3. The molecule has 0 atom stereocenters. The number of aromatic nitrogens is 2. The van der Waals surface area contributed by atoms with Gasteiger partial charge in [0.25, 0.3) is 5.91 Å². The molecule has 0 unspecified atom stereocenters. The van der Waals surface area contributed by atoms with E-state index in [-0.39, 0.29) is 11.8 Å². The highest BCUT2D eigenvalue weighted by molar-refractivity contribution is 5.95. The Kier molecular flexibility index (Phi) is 5.26. The molecule has 6 heteroatoms. The third kappa shape index (κ3) is 3.56. The number of aryl methyl sites for hydroxylation is 1. The Hall–Kier alpha value is -2.76. The molecule has 1 aromatic heterocycles. The van der Waals surface area contributed by atoms with Crippen molar-refractivity contribution < 1.29 is 14.7 Å². The molecule has 1 aromatic carbocycles. The van der Waals surface area contributed by atoms with Crippen LogP contribution in [0.4, 0.5) is 0 Å². The molecule has 1 N–H and O–H groups in total. The minimum Gasteiger partial charge on any atom is -0.481 e. The monoisotopic (exact) mass is 367 g/mol. The quantitative estimate of drug-likeness (QED) is 0.897. The number of nitrogens with zero attached hydrogens (tertiary/aromatic N) is 3. The molecule has 2 aromatic rings. The lowest BCUT2D eigenvalue weighted by Gasteiger charge is -2.39. The first-order valence-corrected chi connectivity index (χ1v) is 9.27. The van der Waals surface area contributed by atoms with Crippen LogP contribution >= 0.6 is 0 Å². The molecule has 27 heavy (non-hydrogen) atoms. The van der Waals surface area contributed by atoms with Gasteiger partial charge in [-0.2, -0.15) is 0 Å². The van der Waals surface area contributed by atoms with Crippen molar-refractivity contribution in [3.63, 3.8) is 0 Å². The van der Waals surface area contributed by atoms with Gasteiger partial charge < -0.3 is 10.0 Å². The fourth-order valence-corrected chi connectivity index (χ4v) is 3.74. The molecule has 2 heterocycles. The van der Waals surface area contributed by atoms with E-state index in [4.69, 9.17) is 0 Å². The van der Waals surface area contributed by atoms with E-state index in [0.717, 1.165) is 11.3 Å². The van der Waals surface area contributed by atoms with E-state index in [9.17, 15) is 14.7 Å². The number of piperidine rings is 1. The number of amides is 1. The maximum atomic E-state index is 13.1. The van der Waals surface area contributed by atoms with Crippen LogP contribution in [-0.4, -0.2) is 44.9 Å². The molecule has 1 aliphatic heterocycles. The molecule has 3 rings (SSSR count). The van der Waals surface area contributed by atoms with Crippen molar-refractivity contribution in [2.45, 2.75) is 44.9 Å². The van der Waals surface area contributed by atoms with Crippen molar-refractivity contribution in [2.24, 2.45) is 0 Å². The van der Waals surface area contributed by atoms with Crippen LogP contribution in [0.15, 0.2) is 36.5 Å². The van der Waals surface area contributed by atoms with Gasteiger partial charge >= 0.3 is 5.97 Å².